The zero-order chi connectivity index (χ0) is 16.4. The number of carbonyl (C=O) groups is 1. The van der Waals surface area contributed by atoms with Gasteiger partial charge in [0.1, 0.15) is 22.6 Å². The van der Waals surface area contributed by atoms with Crippen molar-refractivity contribution in [1.29, 1.82) is 0 Å². The van der Waals surface area contributed by atoms with Crippen molar-refractivity contribution in [3.8, 4) is 5.75 Å². The lowest BCUT2D eigenvalue weighted by Crippen LogP contribution is -2.07. The van der Waals surface area contributed by atoms with Gasteiger partial charge in [-0.1, -0.05) is 12.1 Å². The quantitative estimate of drug-likeness (QED) is 0.317. The third-order valence-electron chi connectivity index (χ3n) is 3.54. The molecular formula is C16H16N4O2S. The van der Waals surface area contributed by atoms with Gasteiger partial charge in [0.25, 0.3) is 0 Å². The van der Waals surface area contributed by atoms with Crippen LogP contribution in [0.25, 0.3) is 11.2 Å². The van der Waals surface area contributed by atoms with Gasteiger partial charge in [-0.15, -0.1) is 11.8 Å². The molecule has 6 nitrogen and oxygen atoms in total. The average Bonchev–Trinajstić information content (AvgIpc) is 2.97. The monoisotopic (exact) mass is 328 g/mol. The van der Waals surface area contributed by atoms with E-state index >= 15 is 0 Å². The van der Waals surface area contributed by atoms with E-state index in [1.165, 1.54) is 6.92 Å². The molecule has 0 aliphatic heterocycles. The molecule has 0 aliphatic rings. The highest BCUT2D eigenvalue weighted by Gasteiger charge is 2.15. The first-order valence-electron chi connectivity index (χ1n) is 7.10. The molecule has 2 heterocycles. The van der Waals surface area contributed by atoms with Gasteiger partial charge in [-0.25, -0.2) is 15.0 Å². The molecule has 0 saturated heterocycles. The molecule has 2 aromatic heterocycles. The second-order valence-corrected chi connectivity index (χ2v) is 5.84. The van der Waals surface area contributed by atoms with Crippen LogP contribution in [0.5, 0.6) is 5.75 Å². The number of carbonyl (C=O) groups excluding carboxylic acids is 1. The van der Waals surface area contributed by atoms with Crippen LogP contribution in [0.4, 0.5) is 0 Å². The summed E-state index contributed by atoms with van der Waals surface area (Å²) in [6.07, 6.45) is 5.28. The molecule has 0 radical (unpaired) electrons. The van der Waals surface area contributed by atoms with Crippen molar-refractivity contribution in [3.05, 3.63) is 42.5 Å². The minimum atomic E-state index is -0.333. The number of hydrogen-bond acceptors (Lipinski definition) is 6. The number of aromatic nitrogens is 4. The maximum absolute atomic E-state index is 11.1. The Morgan fingerprint density at radius 2 is 2.13 bits per heavy atom. The molecule has 0 aliphatic carbocycles. The van der Waals surface area contributed by atoms with E-state index in [-0.39, 0.29) is 12.0 Å². The summed E-state index contributed by atoms with van der Waals surface area (Å²) in [4.78, 5) is 24.1. The molecule has 118 valence electrons. The molecule has 23 heavy (non-hydrogen) atoms. The second-order valence-electron chi connectivity index (χ2n) is 5.05. The smallest absolute Gasteiger partial charge is 0.308 e. The standard InChI is InChI=1S/C16H16N4O2S/c1-10(12-5-4-6-13(7-12)22-11(2)21)20-9-19-14-15(20)17-8-18-16(14)23-3/h4-10H,1-3H3/t10-/m1/s1. The number of benzene rings is 1. The summed E-state index contributed by atoms with van der Waals surface area (Å²) >= 11 is 1.54. The Balaban J connectivity index is 2.00. The SMILES string of the molecule is CSc1ncnc2c1ncn2[C@H](C)c1cccc(OC(C)=O)c1. The lowest BCUT2D eigenvalue weighted by atomic mass is 10.1. The van der Waals surface area contributed by atoms with Gasteiger partial charge in [0.05, 0.1) is 12.4 Å². The Morgan fingerprint density at radius 3 is 2.87 bits per heavy atom. The van der Waals surface area contributed by atoms with E-state index in [0.717, 1.165) is 21.8 Å². The number of rotatable bonds is 4. The highest BCUT2D eigenvalue weighted by Crippen LogP contribution is 2.27. The van der Waals surface area contributed by atoms with E-state index in [0.29, 0.717) is 5.75 Å². The van der Waals surface area contributed by atoms with Crippen molar-refractivity contribution in [2.75, 3.05) is 6.26 Å². The molecule has 3 rings (SSSR count). The van der Waals surface area contributed by atoms with Gasteiger partial charge in [0.15, 0.2) is 5.65 Å². The Kier molecular flexibility index (Phi) is 4.29. The van der Waals surface area contributed by atoms with Crippen LogP contribution in [-0.2, 0) is 4.79 Å². The van der Waals surface area contributed by atoms with Crippen LogP contribution < -0.4 is 4.74 Å². The zero-order valence-corrected chi connectivity index (χ0v) is 13.9. The van der Waals surface area contributed by atoms with E-state index in [4.69, 9.17) is 4.74 Å². The minimum absolute atomic E-state index is 0.000106. The van der Waals surface area contributed by atoms with E-state index in [9.17, 15) is 4.79 Å². The van der Waals surface area contributed by atoms with Gasteiger partial charge < -0.3 is 9.30 Å². The van der Waals surface area contributed by atoms with Crippen LogP contribution in [0, 0.1) is 0 Å². The molecule has 0 fully saturated rings. The largest absolute Gasteiger partial charge is 0.427 e. The summed E-state index contributed by atoms with van der Waals surface area (Å²) in [5.74, 6) is 0.200. The Morgan fingerprint density at radius 1 is 1.30 bits per heavy atom. The molecule has 0 bridgehead atoms. The van der Waals surface area contributed by atoms with Crippen molar-refractivity contribution >= 4 is 28.9 Å². The second kappa shape index (κ2) is 6.37. The minimum Gasteiger partial charge on any atom is -0.427 e. The summed E-state index contributed by atoms with van der Waals surface area (Å²) < 4.78 is 7.14. The first-order chi connectivity index (χ1) is 11.1. The molecule has 0 saturated carbocycles. The van der Waals surface area contributed by atoms with Crippen molar-refractivity contribution in [1.82, 2.24) is 19.5 Å². The van der Waals surface area contributed by atoms with Crippen LogP contribution in [0.3, 0.4) is 0 Å². The molecule has 0 N–H and O–H groups in total. The molecular weight excluding hydrogens is 312 g/mol. The first kappa shape index (κ1) is 15.5. The fourth-order valence-electron chi connectivity index (χ4n) is 2.43. The van der Waals surface area contributed by atoms with Gasteiger partial charge in [0, 0.05) is 6.92 Å². The Labute approximate surface area is 137 Å². The van der Waals surface area contributed by atoms with Gasteiger partial charge >= 0.3 is 5.97 Å². The summed E-state index contributed by atoms with van der Waals surface area (Å²) in [6.45, 7) is 3.44. The lowest BCUT2D eigenvalue weighted by molar-refractivity contribution is -0.131. The number of hydrogen-bond donors (Lipinski definition) is 0. The average molecular weight is 328 g/mol. The number of nitrogens with zero attached hydrogens (tertiary/aromatic N) is 4. The predicted molar refractivity (Wildman–Crippen MR) is 88.7 cm³/mol. The summed E-state index contributed by atoms with van der Waals surface area (Å²) in [5.41, 5.74) is 2.59. The van der Waals surface area contributed by atoms with E-state index in [2.05, 4.69) is 21.9 Å². The maximum Gasteiger partial charge on any atom is 0.308 e. The van der Waals surface area contributed by atoms with Crippen molar-refractivity contribution < 1.29 is 9.53 Å². The first-order valence-corrected chi connectivity index (χ1v) is 8.32. The number of ether oxygens (including phenoxy) is 1. The highest BCUT2D eigenvalue weighted by molar-refractivity contribution is 7.98. The number of thioether (sulfide) groups is 1. The van der Waals surface area contributed by atoms with E-state index in [1.54, 1.807) is 30.5 Å². The molecule has 3 aromatic rings. The Hall–Kier alpha value is -2.41. The molecule has 0 spiro atoms. The summed E-state index contributed by atoms with van der Waals surface area (Å²) in [5, 5.41) is 0.856. The number of imidazole rings is 1. The number of esters is 1. The lowest BCUT2D eigenvalue weighted by Gasteiger charge is -2.15. The van der Waals surface area contributed by atoms with Gasteiger partial charge in [-0.3, -0.25) is 4.79 Å². The fraction of sp³-hybridized carbons (Fsp3) is 0.250. The van der Waals surface area contributed by atoms with E-state index in [1.807, 2.05) is 29.0 Å². The summed E-state index contributed by atoms with van der Waals surface area (Å²) in [7, 11) is 0. The molecule has 7 heteroatoms. The highest BCUT2D eigenvalue weighted by atomic mass is 32.2. The van der Waals surface area contributed by atoms with Crippen LogP contribution in [-0.4, -0.2) is 31.7 Å². The summed E-state index contributed by atoms with van der Waals surface area (Å²) in [6, 6.07) is 7.47. The van der Waals surface area contributed by atoms with Crippen LogP contribution in [0.1, 0.15) is 25.5 Å². The molecule has 0 amide bonds. The third kappa shape index (κ3) is 3.05. The van der Waals surface area contributed by atoms with Crippen LogP contribution in [0.2, 0.25) is 0 Å². The third-order valence-corrected chi connectivity index (χ3v) is 4.22. The molecule has 1 atom stereocenters. The fourth-order valence-corrected chi connectivity index (χ4v) is 2.92. The normalized spacial score (nSPS) is 12.3. The molecule has 0 unspecified atom stereocenters. The van der Waals surface area contributed by atoms with Gasteiger partial charge in [-0.2, -0.15) is 0 Å². The zero-order valence-electron chi connectivity index (χ0n) is 13.1. The predicted octanol–water partition coefficient (Wildman–Crippen LogP) is 3.08. The van der Waals surface area contributed by atoms with Crippen LogP contribution in [0.15, 0.2) is 41.9 Å². The van der Waals surface area contributed by atoms with E-state index < -0.39 is 0 Å². The molecule has 1 aromatic carbocycles. The van der Waals surface area contributed by atoms with Crippen molar-refractivity contribution in [2.45, 2.75) is 24.9 Å². The topological polar surface area (TPSA) is 69.9 Å². The Bertz CT molecular complexity index is 862. The van der Waals surface area contributed by atoms with Gasteiger partial charge in [0.2, 0.25) is 0 Å². The van der Waals surface area contributed by atoms with Gasteiger partial charge in [-0.05, 0) is 30.9 Å². The van der Waals surface area contributed by atoms with Crippen molar-refractivity contribution in [3.63, 3.8) is 0 Å². The maximum atomic E-state index is 11.1. The van der Waals surface area contributed by atoms with Crippen molar-refractivity contribution in [2.24, 2.45) is 0 Å². The van der Waals surface area contributed by atoms with Crippen LogP contribution >= 0.6 is 11.8 Å². The number of fused-ring (bicyclic) bond motifs is 1.